The van der Waals surface area contributed by atoms with Crippen LogP contribution in [0.5, 0.6) is 0 Å². The van der Waals surface area contributed by atoms with Crippen molar-refractivity contribution in [3.8, 4) is 0 Å². The van der Waals surface area contributed by atoms with Crippen molar-refractivity contribution in [2.75, 3.05) is 4.90 Å². The minimum atomic E-state index is -4.50. The molecule has 1 aliphatic rings. The summed E-state index contributed by atoms with van der Waals surface area (Å²) in [6, 6.07) is 12.8. The Morgan fingerprint density at radius 2 is 1.78 bits per heavy atom. The van der Waals surface area contributed by atoms with Gasteiger partial charge in [-0.3, -0.25) is 5.10 Å². The molecule has 1 aliphatic heterocycles. The molecule has 1 unspecified atom stereocenters. The fourth-order valence-electron chi connectivity index (χ4n) is 3.32. The maximum Gasteiger partial charge on any atom is 0.416 e. The molecule has 0 radical (unpaired) electrons. The highest BCUT2D eigenvalue weighted by atomic mass is 19.4. The molecular weight excluding hydrogens is 355 g/mol. The lowest BCUT2D eigenvalue weighted by Gasteiger charge is -2.34. The molecule has 3 N–H and O–H groups in total. The number of anilines is 1. The number of nitrogens with two attached hydrogens (primary N) is 1. The van der Waals surface area contributed by atoms with Gasteiger partial charge in [0.25, 0.3) is 0 Å². The van der Waals surface area contributed by atoms with E-state index < -0.39 is 17.9 Å². The first-order chi connectivity index (χ1) is 12.9. The van der Waals surface area contributed by atoms with Crippen LogP contribution in [0.2, 0.25) is 0 Å². The summed E-state index contributed by atoms with van der Waals surface area (Å²) in [5.74, 6) is 0.670. The number of amidine groups is 1. The molecule has 0 amide bonds. The van der Waals surface area contributed by atoms with Crippen LogP contribution in [-0.4, -0.2) is 16.0 Å². The largest absolute Gasteiger partial charge is 0.416 e. The first-order valence-electron chi connectivity index (χ1n) is 8.26. The maximum absolute atomic E-state index is 13.6. The van der Waals surface area contributed by atoms with Gasteiger partial charge in [0, 0.05) is 16.6 Å². The van der Waals surface area contributed by atoms with Gasteiger partial charge in [0.15, 0.2) is 12.0 Å². The molecule has 0 aliphatic carbocycles. The van der Waals surface area contributed by atoms with Crippen molar-refractivity contribution in [3.05, 3.63) is 71.4 Å². The van der Waals surface area contributed by atoms with E-state index in [2.05, 4.69) is 15.2 Å². The van der Waals surface area contributed by atoms with Crippen LogP contribution < -0.4 is 10.6 Å². The van der Waals surface area contributed by atoms with E-state index >= 15 is 0 Å². The normalized spacial score (nSPS) is 17.8. The van der Waals surface area contributed by atoms with Crippen molar-refractivity contribution in [1.82, 2.24) is 10.2 Å². The van der Waals surface area contributed by atoms with E-state index in [4.69, 9.17) is 5.73 Å². The summed E-state index contributed by atoms with van der Waals surface area (Å²) in [5.41, 5.74) is 6.59. The van der Waals surface area contributed by atoms with Gasteiger partial charge in [-0.25, -0.2) is 4.99 Å². The van der Waals surface area contributed by atoms with E-state index in [1.165, 1.54) is 12.1 Å². The highest BCUT2D eigenvalue weighted by molar-refractivity contribution is 5.96. The number of allylic oxidation sites excluding steroid dienone is 1. The number of hydrogen-bond acceptors (Lipinski definition) is 4. The summed E-state index contributed by atoms with van der Waals surface area (Å²) >= 11 is 0. The molecule has 0 spiro atoms. The number of nitrogens with one attached hydrogen (secondary N) is 1. The Labute approximate surface area is 153 Å². The molecule has 0 saturated heterocycles. The van der Waals surface area contributed by atoms with Crippen LogP contribution in [0.1, 0.15) is 24.2 Å². The summed E-state index contributed by atoms with van der Waals surface area (Å²) in [5, 5.41) is 8.03. The summed E-state index contributed by atoms with van der Waals surface area (Å²) in [4.78, 5) is 5.98. The van der Waals surface area contributed by atoms with E-state index in [0.717, 1.165) is 17.0 Å². The first kappa shape index (κ1) is 17.1. The maximum atomic E-state index is 13.6. The van der Waals surface area contributed by atoms with E-state index in [0.29, 0.717) is 11.5 Å². The number of benzene rings is 2. The molecule has 5 nitrogen and oxygen atoms in total. The SMILES string of the molecule is CC1=CC(N)=NC(c2ccccc2C(F)(F)F)N1c1n[nH]c2ccccc12. The van der Waals surface area contributed by atoms with Crippen LogP contribution in [0.25, 0.3) is 10.9 Å². The number of hydrogen-bond donors (Lipinski definition) is 2. The number of fused-ring (bicyclic) bond motifs is 1. The fourth-order valence-corrected chi connectivity index (χ4v) is 3.32. The predicted octanol–water partition coefficient (Wildman–Crippen LogP) is 4.36. The smallest absolute Gasteiger partial charge is 0.384 e. The molecule has 2 heterocycles. The third-order valence-electron chi connectivity index (χ3n) is 4.48. The standard InChI is InChI=1S/C19H16F3N5/c1-11-10-16(23)24-17(12-6-2-4-8-14(12)19(20,21)22)27(11)18-13-7-3-5-9-15(13)25-26-18/h2-10,17H,1H3,(H2,23,24)(H,25,26). The monoisotopic (exact) mass is 371 g/mol. The molecular formula is C19H16F3N5. The Hall–Kier alpha value is -3.29. The third kappa shape index (κ3) is 2.92. The topological polar surface area (TPSA) is 70.3 Å². The van der Waals surface area contributed by atoms with Crippen molar-refractivity contribution in [2.24, 2.45) is 10.7 Å². The van der Waals surface area contributed by atoms with E-state index in [1.807, 2.05) is 24.3 Å². The summed E-state index contributed by atoms with van der Waals surface area (Å²) in [6.07, 6.45) is -3.86. The number of halogens is 3. The van der Waals surface area contributed by atoms with Gasteiger partial charge >= 0.3 is 6.18 Å². The molecule has 0 fully saturated rings. The molecule has 0 bridgehead atoms. The first-order valence-corrected chi connectivity index (χ1v) is 8.26. The Morgan fingerprint density at radius 3 is 2.56 bits per heavy atom. The highest BCUT2D eigenvalue weighted by Crippen LogP contribution is 2.41. The Kier molecular flexibility index (Phi) is 3.91. The minimum absolute atomic E-state index is 0.0208. The molecule has 1 atom stereocenters. The van der Waals surface area contributed by atoms with Crippen LogP contribution in [0, 0.1) is 0 Å². The molecule has 1 aromatic heterocycles. The number of rotatable bonds is 2. The second-order valence-electron chi connectivity index (χ2n) is 6.26. The Balaban J connectivity index is 1.92. The predicted molar refractivity (Wildman–Crippen MR) is 98.1 cm³/mol. The van der Waals surface area contributed by atoms with E-state index in [1.54, 1.807) is 24.0 Å². The number of aromatic nitrogens is 2. The number of H-pyrrole nitrogens is 1. The zero-order valence-corrected chi connectivity index (χ0v) is 14.3. The lowest BCUT2D eigenvalue weighted by molar-refractivity contribution is -0.138. The second-order valence-corrected chi connectivity index (χ2v) is 6.26. The van der Waals surface area contributed by atoms with Crippen LogP contribution in [0.15, 0.2) is 65.3 Å². The minimum Gasteiger partial charge on any atom is -0.384 e. The molecule has 138 valence electrons. The second kappa shape index (κ2) is 6.15. The summed E-state index contributed by atoms with van der Waals surface area (Å²) in [6.45, 7) is 1.77. The zero-order valence-electron chi connectivity index (χ0n) is 14.3. The van der Waals surface area contributed by atoms with Crippen molar-refractivity contribution in [3.63, 3.8) is 0 Å². The number of nitrogens with zero attached hydrogens (tertiary/aromatic N) is 3. The van der Waals surface area contributed by atoms with Crippen LogP contribution in [0.4, 0.5) is 19.0 Å². The van der Waals surface area contributed by atoms with Crippen molar-refractivity contribution in [2.45, 2.75) is 19.3 Å². The Bertz CT molecular complexity index is 1060. The number of para-hydroxylation sites is 1. The van der Waals surface area contributed by atoms with Crippen LogP contribution in [-0.2, 0) is 6.18 Å². The van der Waals surface area contributed by atoms with Gasteiger partial charge in [-0.2, -0.15) is 18.3 Å². The molecule has 2 aromatic carbocycles. The number of aromatic amines is 1. The van der Waals surface area contributed by atoms with Gasteiger partial charge in [-0.15, -0.1) is 0 Å². The van der Waals surface area contributed by atoms with Gasteiger partial charge in [0.05, 0.1) is 11.1 Å². The van der Waals surface area contributed by atoms with Gasteiger partial charge in [-0.05, 0) is 31.2 Å². The molecule has 27 heavy (non-hydrogen) atoms. The molecule has 4 rings (SSSR count). The fraction of sp³-hybridized carbons (Fsp3) is 0.158. The number of aliphatic imine (C=N–C) groups is 1. The summed E-state index contributed by atoms with van der Waals surface area (Å²) in [7, 11) is 0. The van der Waals surface area contributed by atoms with Crippen LogP contribution >= 0.6 is 0 Å². The van der Waals surface area contributed by atoms with Gasteiger partial charge < -0.3 is 10.6 Å². The van der Waals surface area contributed by atoms with Crippen molar-refractivity contribution in [1.29, 1.82) is 0 Å². The van der Waals surface area contributed by atoms with Crippen molar-refractivity contribution >= 4 is 22.6 Å². The van der Waals surface area contributed by atoms with Gasteiger partial charge in [0.2, 0.25) is 0 Å². The lowest BCUT2D eigenvalue weighted by Crippen LogP contribution is -2.34. The zero-order chi connectivity index (χ0) is 19.2. The number of alkyl halides is 3. The summed E-state index contributed by atoms with van der Waals surface area (Å²) < 4.78 is 40.8. The van der Waals surface area contributed by atoms with Crippen LogP contribution in [0.3, 0.4) is 0 Å². The molecule has 3 aromatic rings. The average Bonchev–Trinajstić information content (AvgIpc) is 3.04. The Morgan fingerprint density at radius 1 is 1.07 bits per heavy atom. The quantitative estimate of drug-likeness (QED) is 0.703. The molecule has 0 saturated carbocycles. The molecule has 8 heteroatoms. The average molecular weight is 371 g/mol. The van der Waals surface area contributed by atoms with Crippen molar-refractivity contribution < 1.29 is 13.2 Å². The third-order valence-corrected chi connectivity index (χ3v) is 4.48. The van der Waals surface area contributed by atoms with Gasteiger partial charge in [0.1, 0.15) is 5.84 Å². The van der Waals surface area contributed by atoms with Gasteiger partial charge in [-0.1, -0.05) is 30.3 Å². The lowest BCUT2D eigenvalue weighted by atomic mass is 10.0. The highest BCUT2D eigenvalue weighted by Gasteiger charge is 2.38. The van der Waals surface area contributed by atoms with E-state index in [-0.39, 0.29) is 11.4 Å². The van der Waals surface area contributed by atoms with E-state index in [9.17, 15) is 13.2 Å².